The minimum atomic E-state index is -0.418. The number of hydrogen-bond acceptors (Lipinski definition) is 2. The second-order valence-electron chi connectivity index (χ2n) is 6.81. The molecule has 26 heavy (non-hydrogen) atoms. The van der Waals surface area contributed by atoms with Crippen molar-refractivity contribution in [2.45, 2.75) is 26.7 Å². The molecule has 4 nitrogen and oxygen atoms in total. The van der Waals surface area contributed by atoms with Crippen molar-refractivity contribution in [1.29, 1.82) is 0 Å². The van der Waals surface area contributed by atoms with E-state index in [9.17, 15) is 14.0 Å². The molecule has 0 atom stereocenters. The number of carbonyl (C=O) groups is 2. The zero-order valence-electron chi connectivity index (χ0n) is 15.1. The number of hydrogen-bond donors (Lipinski definition) is 1. The highest BCUT2D eigenvalue weighted by atomic mass is 19.1. The van der Waals surface area contributed by atoms with Crippen molar-refractivity contribution in [3.05, 3.63) is 65.0 Å². The Bertz CT molecular complexity index is 827. The lowest BCUT2D eigenvalue weighted by Gasteiger charge is -2.31. The first-order valence-electron chi connectivity index (χ1n) is 8.87. The van der Waals surface area contributed by atoms with E-state index in [4.69, 9.17) is 0 Å². The van der Waals surface area contributed by atoms with E-state index in [1.807, 2.05) is 32.0 Å². The van der Waals surface area contributed by atoms with Crippen molar-refractivity contribution in [2.75, 3.05) is 18.4 Å². The van der Waals surface area contributed by atoms with Crippen LogP contribution in [-0.4, -0.2) is 29.8 Å². The fourth-order valence-electron chi connectivity index (χ4n) is 3.27. The minimum Gasteiger partial charge on any atom is -0.339 e. The normalized spacial score (nSPS) is 15.0. The molecule has 5 heteroatoms. The zero-order chi connectivity index (χ0) is 18.7. The monoisotopic (exact) mass is 354 g/mol. The molecule has 136 valence electrons. The lowest BCUT2D eigenvalue weighted by atomic mass is 9.95. The smallest absolute Gasteiger partial charge is 0.253 e. The Morgan fingerprint density at radius 3 is 2.46 bits per heavy atom. The van der Waals surface area contributed by atoms with Gasteiger partial charge in [-0.15, -0.1) is 0 Å². The standard InChI is InChI=1S/C21H23FN2O2/c1-14-5-3-8-19(15(14)2)23-20(25)16-9-11-24(12-10-16)21(26)17-6-4-7-18(22)13-17/h3-8,13,16H,9-12H2,1-2H3,(H,23,25). The predicted octanol–water partition coefficient (Wildman–Crippen LogP) is 3.93. The van der Waals surface area contributed by atoms with Gasteiger partial charge in [0.15, 0.2) is 0 Å². The van der Waals surface area contributed by atoms with Crippen molar-refractivity contribution in [1.82, 2.24) is 4.90 Å². The van der Waals surface area contributed by atoms with Crippen LogP contribution in [0.3, 0.4) is 0 Å². The Morgan fingerprint density at radius 1 is 1.08 bits per heavy atom. The van der Waals surface area contributed by atoms with Gasteiger partial charge in [-0.1, -0.05) is 18.2 Å². The van der Waals surface area contributed by atoms with E-state index in [1.54, 1.807) is 11.0 Å². The molecule has 0 unspecified atom stereocenters. The van der Waals surface area contributed by atoms with Crippen molar-refractivity contribution in [3.8, 4) is 0 Å². The molecular weight excluding hydrogens is 331 g/mol. The first kappa shape index (κ1) is 18.1. The zero-order valence-corrected chi connectivity index (χ0v) is 15.1. The Balaban J connectivity index is 1.58. The molecule has 0 spiro atoms. The largest absolute Gasteiger partial charge is 0.339 e. The molecular formula is C21H23FN2O2. The second-order valence-corrected chi connectivity index (χ2v) is 6.81. The van der Waals surface area contributed by atoms with Crippen LogP contribution in [0.1, 0.15) is 34.3 Å². The molecule has 1 aliphatic heterocycles. The third kappa shape index (κ3) is 3.93. The van der Waals surface area contributed by atoms with Gasteiger partial charge in [-0.3, -0.25) is 9.59 Å². The number of aryl methyl sites for hydroxylation is 1. The third-order valence-corrected chi connectivity index (χ3v) is 5.09. The molecule has 0 saturated carbocycles. The topological polar surface area (TPSA) is 49.4 Å². The average molecular weight is 354 g/mol. The number of nitrogens with one attached hydrogen (secondary N) is 1. The molecule has 1 heterocycles. The quantitative estimate of drug-likeness (QED) is 0.908. The fourth-order valence-corrected chi connectivity index (χ4v) is 3.27. The molecule has 0 aromatic heterocycles. The Labute approximate surface area is 153 Å². The predicted molar refractivity (Wildman–Crippen MR) is 99.6 cm³/mol. The SMILES string of the molecule is Cc1cccc(NC(=O)C2CCN(C(=O)c3cccc(F)c3)CC2)c1C. The highest BCUT2D eigenvalue weighted by Crippen LogP contribution is 2.23. The number of likely N-dealkylation sites (tertiary alicyclic amines) is 1. The van der Waals surface area contributed by atoms with Crippen LogP contribution in [-0.2, 0) is 4.79 Å². The van der Waals surface area contributed by atoms with Gasteiger partial charge in [0.05, 0.1) is 0 Å². The molecule has 1 N–H and O–H groups in total. The van der Waals surface area contributed by atoms with Crippen LogP contribution in [0.2, 0.25) is 0 Å². The number of rotatable bonds is 3. The summed E-state index contributed by atoms with van der Waals surface area (Å²) in [4.78, 5) is 26.7. The van der Waals surface area contributed by atoms with Gasteiger partial charge in [-0.05, 0) is 62.1 Å². The molecule has 0 bridgehead atoms. The molecule has 3 rings (SSSR count). The van der Waals surface area contributed by atoms with Crippen LogP contribution < -0.4 is 5.32 Å². The number of piperidine rings is 1. The van der Waals surface area contributed by atoms with Gasteiger partial charge in [-0.2, -0.15) is 0 Å². The number of nitrogens with zero attached hydrogens (tertiary/aromatic N) is 1. The van der Waals surface area contributed by atoms with Gasteiger partial charge < -0.3 is 10.2 Å². The summed E-state index contributed by atoms with van der Waals surface area (Å²) in [6.07, 6.45) is 1.22. The third-order valence-electron chi connectivity index (χ3n) is 5.09. The van der Waals surface area contributed by atoms with E-state index in [-0.39, 0.29) is 17.7 Å². The molecule has 0 radical (unpaired) electrons. The first-order valence-corrected chi connectivity index (χ1v) is 8.87. The number of halogens is 1. The fraction of sp³-hybridized carbons (Fsp3) is 0.333. The molecule has 0 aliphatic carbocycles. The summed E-state index contributed by atoms with van der Waals surface area (Å²) in [6, 6.07) is 11.6. The van der Waals surface area contributed by atoms with Gasteiger partial charge in [0.1, 0.15) is 5.82 Å². The van der Waals surface area contributed by atoms with Crippen LogP contribution in [0.15, 0.2) is 42.5 Å². The summed E-state index contributed by atoms with van der Waals surface area (Å²) in [5.74, 6) is -0.723. The summed E-state index contributed by atoms with van der Waals surface area (Å²) >= 11 is 0. The van der Waals surface area contributed by atoms with Gasteiger partial charge in [0, 0.05) is 30.3 Å². The highest BCUT2D eigenvalue weighted by Gasteiger charge is 2.28. The van der Waals surface area contributed by atoms with Gasteiger partial charge in [0.2, 0.25) is 5.91 Å². The maximum Gasteiger partial charge on any atom is 0.253 e. The number of benzene rings is 2. The first-order chi connectivity index (χ1) is 12.5. The van der Waals surface area contributed by atoms with Crippen LogP contribution in [0.5, 0.6) is 0 Å². The van der Waals surface area contributed by atoms with E-state index >= 15 is 0 Å². The Hall–Kier alpha value is -2.69. The van der Waals surface area contributed by atoms with Crippen molar-refractivity contribution >= 4 is 17.5 Å². The van der Waals surface area contributed by atoms with E-state index < -0.39 is 5.82 Å². The Morgan fingerprint density at radius 2 is 1.77 bits per heavy atom. The molecule has 2 aromatic rings. The van der Waals surface area contributed by atoms with Crippen LogP contribution in [0.25, 0.3) is 0 Å². The minimum absolute atomic E-state index is 0.00319. The summed E-state index contributed by atoms with van der Waals surface area (Å²) < 4.78 is 13.3. The van der Waals surface area contributed by atoms with Gasteiger partial charge >= 0.3 is 0 Å². The summed E-state index contributed by atoms with van der Waals surface area (Å²) in [5.41, 5.74) is 3.40. The molecule has 1 fully saturated rings. The average Bonchev–Trinajstić information content (AvgIpc) is 2.65. The van der Waals surface area contributed by atoms with E-state index in [0.29, 0.717) is 31.5 Å². The number of anilines is 1. The van der Waals surface area contributed by atoms with Crippen LogP contribution >= 0.6 is 0 Å². The lowest BCUT2D eigenvalue weighted by Crippen LogP contribution is -2.41. The lowest BCUT2D eigenvalue weighted by molar-refractivity contribution is -0.121. The summed E-state index contributed by atoms with van der Waals surface area (Å²) in [7, 11) is 0. The number of amides is 2. The van der Waals surface area contributed by atoms with E-state index in [2.05, 4.69) is 5.32 Å². The Kier molecular flexibility index (Phi) is 5.35. The van der Waals surface area contributed by atoms with Crippen molar-refractivity contribution < 1.29 is 14.0 Å². The molecule has 1 saturated heterocycles. The van der Waals surface area contributed by atoms with Crippen molar-refractivity contribution in [3.63, 3.8) is 0 Å². The summed E-state index contributed by atoms with van der Waals surface area (Å²) in [5, 5.41) is 3.01. The summed E-state index contributed by atoms with van der Waals surface area (Å²) in [6.45, 7) is 5.01. The molecule has 1 aliphatic rings. The van der Waals surface area contributed by atoms with Crippen LogP contribution in [0, 0.1) is 25.6 Å². The number of carbonyl (C=O) groups excluding carboxylic acids is 2. The van der Waals surface area contributed by atoms with E-state index in [0.717, 1.165) is 16.8 Å². The highest BCUT2D eigenvalue weighted by molar-refractivity contribution is 5.95. The second kappa shape index (κ2) is 7.68. The van der Waals surface area contributed by atoms with E-state index in [1.165, 1.54) is 18.2 Å². The van der Waals surface area contributed by atoms with Gasteiger partial charge in [-0.25, -0.2) is 4.39 Å². The van der Waals surface area contributed by atoms with Crippen molar-refractivity contribution in [2.24, 2.45) is 5.92 Å². The maximum absolute atomic E-state index is 13.3. The van der Waals surface area contributed by atoms with Crippen LogP contribution in [0.4, 0.5) is 10.1 Å². The molecule has 2 aromatic carbocycles. The molecule has 2 amide bonds. The maximum atomic E-state index is 13.3. The van der Waals surface area contributed by atoms with Gasteiger partial charge in [0.25, 0.3) is 5.91 Å².